The van der Waals surface area contributed by atoms with E-state index < -0.39 is 0 Å². The Bertz CT molecular complexity index is 385. The van der Waals surface area contributed by atoms with Crippen LogP contribution in [-0.2, 0) is 32.7 Å². The number of hydrogen-bond donors (Lipinski definition) is 1. The summed E-state index contributed by atoms with van der Waals surface area (Å²) in [4.78, 5) is 0. The number of fused-ring (bicyclic) bond motifs is 1. The quantitative estimate of drug-likeness (QED) is 0.610. The number of hydrogen-bond acceptors (Lipinski definition) is 1. The molecule has 0 amide bonds. The number of allylic oxidation sites excluding steroid dienone is 1. The minimum absolute atomic E-state index is 0. The molecule has 15 heavy (non-hydrogen) atoms. The van der Waals surface area contributed by atoms with E-state index in [4.69, 9.17) is 0 Å². The van der Waals surface area contributed by atoms with Crippen LogP contribution >= 0.6 is 15.9 Å². The van der Waals surface area contributed by atoms with Gasteiger partial charge in [-0.25, -0.2) is 0 Å². The van der Waals surface area contributed by atoms with Crippen LogP contribution in [0.4, 0.5) is 5.69 Å². The van der Waals surface area contributed by atoms with Crippen LogP contribution < -0.4 is 5.32 Å². The van der Waals surface area contributed by atoms with E-state index in [-0.39, 0.29) is 38.2 Å². The SMILES string of the molecule is CC1(C)C=C(CBr)c2c[c-]ccc2N1.[Y+3]. The Kier molecular flexibility index (Phi) is 4.57. The van der Waals surface area contributed by atoms with Crippen LogP contribution in [0.25, 0.3) is 5.57 Å². The third-order valence-electron chi connectivity index (χ3n) is 2.35. The first-order chi connectivity index (χ1) is 6.62. The van der Waals surface area contributed by atoms with Crippen molar-refractivity contribution in [2.45, 2.75) is 19.4 Å². The fourth-order valence-corrected chi connectivity index (χ4v) is 2.28. The number of rotatable bonds is 1. The van der Waals surface area contributed by atoms with E-state index in [1.54, 1.807) is 0 Å². The topological polar surface area (TPSA) is 12.0 Å². The maximum Gasteiger partial charge on any atom is 3.00 e. The van der Waals surface area contributed by atoms with Gasteiger partial charge < -0.3 is 5.32 Å². The molecule has 0 saturated heterocycles. The molecule has 2 rings (SSSR count). The van der Waals surface area contributed by atoms with Crippen LogP contribution in [-0.4, -0.2) is 10.9 Å². The second kappa shape index (κ2) is 5.12. The third-order valence-corrected chi connectivity index (χ3v) is 2.95. The summed E-state index contributed by atoms with van der Waals surface area (Å²) < 4.78 is 0. The Morgan fingerprint density at radius 1 is 1.47 bits per heavy atom. The fraction of sp³-hybridized carbons (Fsp3) is 0.333. The van der Waals surface area contributed by atoms with Crippen LogP contribution in [0.5, 0.6) is 0 Å². The Balaban J connectivity index is 0.00000112. The summed E-state index contributed by atoms with van der Waals surface area (Å²) in [6.07, 6.45) is 2.26. The van der Waals surface area contributed by atoms with Crippen molar-refractivity contribution in [3.63, 3.8) is 0 Å². The van der Waals surface area contributed by atoms with Crippen LogP contribution in [0.1, 0.15) is 19.4 Å². The molecule has 1 aliphatic heterocycles. The number of nitrogens with one attached hydrogen (secondary N) is 1. The van der Waals surface area contributed by atoms with Crippen LogP contribution in [0, 0.1) is 6.07 Å². The average Bonchev–Trinajstić information content (AvgIpc) is 2.15. The maximum atomic E-state index is 3.52. The van der Waals surface area contributed by atoms with Crippen molar-refractivity contribution >= 4 is 27.2 Å². The van der Waals surface area contributed by atoms with Crippen molar-refractivity contribution in [1.82, 2.24) is 0 Å². The summed E-state index contributed by atoms with van der Waals surface area (Å²) in [6.45, 7) is 4.35. The van der Waals surface area contributed by atoms with Gasteiger partial charge in [0.15, 0.2) is 0 Å². The smallest absolute Gasteiger partial charge is 0.398 e. The van der Waals surface area contributed by atoms with E-state index in [0.717, 1.165) is 5.33 Å². The van der Waals surface area contributed by atoms with Gasteiger partial charge in [-0.2, -0.15) is 18.2 Å². The molecule has 0 unspecified atom stereocenters. The van der Waals surface area contributed by atoms with Crippen molar-refractivity contribution in [3.05, 3.63) is 35.9 Å². The summed E-state index contributed by atoms with van der Waals surface area (Å²) in [7, 11) is 0. The van der Waals surface area contributed by atoms with Crippen molar-refractivity contribution < 1.29 is 32.7 Å². The van der Waals surface area contributed by atoms with E-state index in [9.17, 15) is 0 Å². The largest absolute Gasteiger partial charge is 3.00 e. The second-order valence-corrected chi connectivity index (χ2v) is 4.68. The first-order valence-electron chi connectivity index (χ1n) is 4.69. The first kappa shape index (κ1) is 13.4. The molecule has 0 spiro atoms. The molecule has 1 heterocycles. The van der Waals surface area contributed by atoms with E-state index in [2.05, 4.69) is 53.3 Å². The summed E-state index contributed by atoms with van der Waals surface area (Å²) >= 11 is 3.52. The Hall–Kier alpha value is 0.344. The Morgan fingerprint density at radius 3 is 2.87 bits per heavy atom. The zero-order valence-corrected chi connectivity index (χ0v) is 13.4. The van der Waals surface area contributed by atoms with Crippen LogP contribution in [0.3, 0.4) is 0 Å². The van der Waals surface area contributed by atoms with E-state index in [1.807, 2.05) is 12.1 Å². The molecule has 0 aliphatic carbocycles. The molecule has 0 fully saturated rings. The maximum absolute atomic E-state index is 3.52. The predicted octanol–water partition coefficient (Wildman–Crippen LogP) is 3.47. The summed E-state index contributed by atoms with van der Waals surface area (Å²) in [5, 5.41) is 4.38. The van der Waals surface area contributed by atoms with Gasteiger partial charge in [-0.3, -0.25) is 0 Å². The standard InChI is InChI=1S/C12H13BrN.Y/c1-12(2)7-9(8-13)10-5-3-4-6-11(10)14-12;/h4-7,14H,8H2,1-2H3;/q-1;+3. The van der Waals surface area contributed by atoms with Gasteiger partial charge in [-0.15, -0.1) is 11.6 Å². The number of anilines is 1. The molecule has 1 aliphatic rings. The zero-order valence-electron chi connectivity index (χ0n) is 8.97. The van der Waals surface area contributed by atoms with Crippen molar-refractivity contribution in [3.8, 4) is 0 Å². The molecule has 1 aromatic carbocycles. The van der Waals surface area contributed by atoms with Crippen molar-refractivity contribution in [2.75, 3.05) is 10.6 Å². The van der Waals surface area contributed by atoms with E-state index in [1.165, 1.54) is 16.8 Å². The minimum Gasteiger partial charge on any atom is -0.398 e. The number of alkyl halides is 1. The molecule has 1 aromatic rings. The van der Waals surface area contributed by atoms with Crippen molar-refractivity contribution in [2.24, 2.45) is 0 Å². The van der Waals surface area contributed by atoms with Gasteiger partial charge in [-0.05, 0) is 13.8 Å². The molecule has 74 valence electrons. The molecule has 0 atom stereocenters. The van der Waals surface area contributed by atoms with Gasteiger partial charge in [0, 0.05) is 10.9 Å². The summed E-state index contributed by atoms with van der Waals surface area (Å²) in [6, 6.07) is 9.16. The molecule has 3 heteroatoms. The summed E-state index contributed by atoms with van der Waals surface area (Å²) in [5.74, 6) is 0. The average molecular weight is 340 g/mol. The monoisotopic (exact) mass is 339 g/mol. The van der Waals surface area contributed by atoms with Gasteiger partial charge >= 0.3 is 32.7 Å². The molecule has 0 saturated carbocycles. The van der Waals surface area contributed by atoms with E-state index in [0.29, 0.717) is 0 Å². The van der Waals surface area contributed by atoms with Gasteiger partial charge in [-0.1, -0.05) is 33.3 Å². The van der Waals surface area contributed by atoms with E-state index >= 15 is 0 Å². The Morgan fingerprint density at radius 2 is 2.20 bits per heavy atom. The Labute approximate surface area is 125 Å². The molecular weight excluding hydrogens is 327 g/mol. The number of halogens is 1. The molecule has 0 bridgehead atoms. The van der Waals surface area contributed by atoms with Gasteiger partial charge in [0.2, 0.25) is 0 Å². The van der Waals surface area contributed by atoms with Gasteiger partial charge in [0.05, 0.1) is 0 Å². The third kappa shape index (κ3) is 2.92. The normalized spacial score (nSPS) is 16.9. The minimum atomic E-state index is 0. The molecular formula is C12H13BrNY+2. The van der Waals surface area contributed by atoms with Crippen molar-refractivity contribution in [1.29, 1.82) is 0 Å². The van der Waals surface area contributed by atoms with Crippen LogP contribution in [0.2, 0.25) is 0 Å². The first-order valence-corrected chi connectivity index (χ1v) is 5.81. The predicted molar refractivity (Wildman–Crippen MR) is 64.8 cm³/mol. The second-order valence-electron chi connectivity index (χ2n) is 4.12. The molecule has 1 nitrogen and oxygen atoms in total. The van der Waals surface area contributed by atoms with Gasteiger partial charge in [0.25, 0.3) is 0 Å². The molecule has 0 radical (unpaired) electrons. The fourth-order valence-electron chi connectivity index (χ4n) is 1.81. The molecule has 0 aromatic heterocycles. The summed E-state index contributed by atoms with van der Waals surface area (Å²) in [5.41, 5.74) is 3.83. The molecule has 1 N–H and O–H groups in total. The zero-order chi connectivity index (χ0) is 10.2. The number of benzene rings is 1. The van der Waals surface area contributed by atoms with Crippen LogP contribution in [0.15, 0.2) is 24.3 Å². The van der Waals surface area contributed by atoms with Gasteiger partial charge in [0.1, 0.15) is 0 Å².